The van der Waals surface area contributed by atoms with E-state index in [0.29, 0.717) is 18.2 Å². The average molecular weight is 355 g/mol. The van der Waals surface area contributed by atoms with Gasteiger partial charge >= 0.3 is 0 Å². The SMILES string of the molecule is CN=C(NCCCCC(C)C)NCc1ccccc1NS(C)(=O)=O. The Hall–Kier alpha value is -1.76. The highest BCUT2D eigenvalue weighted by atomic mass is 32.2. The third kappa shape index (κ3) is 8.76. The first-order chi connectivity index (χ1) is 11.3. The number of hydrogen-bond donors (Lipinski definition) is 3. The van der Waals surface area contributed by atoms with E-state index >= 15 is 0 Å². The minimum Gasteiger partial charge on any atom is -0.356 e. The first-order valence-electron chi connectivity index (χ1n) is 8.32. The summed E-state index contributed by atoms with van der Waals surface area (Å²) in [6, 6.07) is 7.32. The van der Waals surface area contributed by atoms with Gasteiger partial charge in [0.05, 0.1) is 11.9 Å². The van der Waals surface area contributed by atoms with Crippen LogP contribution in [0.25, 0.3) is 0 Å². The van der Waals surface area contributed by atoms with Gasteiger partial charge in [-0.25, -0.2) is 8.42 Å². The maximum Gasteiger partial charge on any atom is 0.229 e. The van der Waals surface area contributed by atoms with Crippen LogP contribution >= 0.6 is 0 Å². The monoisotopic (exact) mass is 354 g/mol. The number of hydrogen-bond acceptors (Lipinski definition) is 3. The van der Waals surface area contributed by atoms with Crippen molar-refractivity contribution >= 4 is 21.7 Å². The molecule has 0 saturated heterocycles. The molecule has 0 heterocycles. The summed E-state index contributed by atoms with van der Waals surface area (Å²) in [5, 5.41) is 6.50. The van der Waals surface area contributed by atoms with Crippen molar-refractivity contribution in [2.45, 2.75) is 39.7 Å². The van der Waals surface area contributed by atoms with Crippen molar-refractivity contribution in [1.29, 1.82) is 0 Å². The highest BCUT2D eigenvalue weighted by Gasteiger charge is 2.07. The van der Waals surface area contributed by atoms with Gasteiger partial charge in [0.1, 0.15) is 0 Å². The Morgan fingerprint density at radius 2 is 1.88 bits per heavy atom. The Morgan fingerprint density at radius 3 is 2.50 bits per heavy atom. The summed E-state index contributed by atoms with van der Waals surface area (Å²) >= 11 is 0. The fraction of sp³-hybridized carbons (Fsp3) is 0.588. The van der Waals surface area contributed by atoms with Gasteiger partial charge in [-0.3, -0.25) is 9.71 Å². The Kier molecular flexibility index (Phi) is 8.60. The van der Waals surface area contributed by atoms with Crippen molar-refractivity contribution in [2.75, 3.05) is 24.6 Å². The maximum absolute atomic E-state index is 11.4. The number of anilines is 1. The van der Waals surface area contributed by atoms with Crippen LogP contribution in [0.15, 0.2) is 29.3 Å². The van der Waals surface area contributed by atoms with E-state index in [2.05, 4.69) is 34.2 Å². The van der Waals surface area contributed by atoms with Crippen molar-refractivity contribution in [1.82, 2.24) is 10.6 Å². The summed E-state index contributed by atoms with van der Waals surface area (Å²) in [5.74, 6) is 1.45. The lowest BCUT2D eigenvalue weighted by Gasteiger charge is -2.14. The molecule has 0 radical (unpaired) electrons. The minimum atomic E-state index is -3.30. The molecule has 0 fully saturated rings. The zero-order valence-electron chi connectivity index (χ0n) is 15.1. The summed E-state index contributed by atoms with van der Waals surface area (Å²) in [5.41, 5.74) is 1.45. The van der Waals surface area contributed by atoms with Gasteiger partial charge in [0, 0.05) is 20.1 Å². The highest BCUT2D eigenvalue weighted by molar-refractivity contribution is 7.92. The van der Waals surface area contributed by atoms with E-state index in [1.54, 1.807) is 19.2 Å². The van der Waals surface area contributed by atoms with E-state index < -0.39 is 10.0 Å². The molecule has 0 aromatic heterocycles. The number of para-hydroxylation sites is 1. The number of benzene rings is 1. The molecular formula is C17H30N4O2S. The number of sulfonamides is 1. The molecule has 0 spiro atoms. The Labute approximate surface area is 146 Å². The number of nitrogens with zero attached hydrogens (tertiary/aromatic N) is 1. The van der Waals surface area contributed by atoms with Gasteiger partial charge in [0.25, 0.3) is 0 Å². The smallest absolute Gasteiger partial charge is 0.229 e. The third-order valence-electron chi connectivity index (χ3n) is 3.48. The molecule has 1 aromatic rings. The maximum atomic E-state index is 11.4. The van der Waals surface area contributed by atoms with Gasteiger partial charge in [-0.15, -0.1) is 0 Å². The molecule has 1 aromatic carbocycles. The van der Waals surface area contributed by atoms with Crippen LogP contribution in [0, 0.1) is 5.92 Å². The van der Waals surface area contributed by atoms with Crippen LogP contribution in [0.4, 0.5) is 5.69 Å². The molecule has 7 heteroatoms. The zero-order valence-corrected chi connectivity index (χ0v) is 15.9. The highest BCUT2D eigenvalue weighted by Crippen LogP contribution is 2.15. The quantitative estimate of drug-likeness (QED) is 0.362. The lowest BCUT2D eigenvalue weighted by atomic mass is 10.1. The minimum absolute atomic E-state index is 0.490. The molecule has 0 atom stereocenters. The fourth-order valence-electron chi connectivity index (χ4n) is 2.26. The normalized spacial score (nSPS) is 12.3. The molecular weight excluding hydrogens is 324 g/mol. The van der Waals surface area contributed by atoms with Gasteiger partial charge in [-0.2, -0.15) is 0 Å². The van der Waals surface area contributed by atoms with Crippen LogP contribution < -0.4 is 15.4 Å². The summed E-state index contributed by atoms with van der Waals surface area (Å²) in [4.78, 5) is 4.20. The number of aliphatic imine (C=N–C) groups is 1. The first kappa shape index (κ1) is 20.3. The molecule has 3 N–H and O–H groups in total. The Bertz CT molecular complexity index is 627. The van der Waals surface area contributed by atoms with E-state index in [9.17, 15) is 8.42 Å². The number of unbranched alkanes of at least 4 members (excludes halogenated alkanes) is 1. The van der Waals surface area contributed by atoms with Crippen LogP contribution in [-0.2, 0) is 16.6 Å². The molecule has 0 aliphatic heterocycles. The lowest BCUT2D eigenvalue weighted by Crippen LogP contribution is -2.37. The molecule has 0 bridgehead atoms. The zero-order chi connectivity index (χ0) is 18.0. The van der Waals surface area contributed by atoms with Crippen molar-refractivity contribution in [2.24, 2.45) is 10.9 Å². The van der Waals surface area contributed by atoms with E-state index in [1.165, 1.54) is 12.8 Å². The molecule has 0 saturated carbocycles. The summed E-state index contributed by atoms with van der Waals surface area (Å²) in [7, 11) is -1.57. The first-order valence-corrected chi connectivity index (χ1v) is 10.2. The summed E-state index contributed by atoms with van der Waals surface area (Å²) < 4.78 is 25.4. The molecule has 0 aliphatic carbocycles. The third-order valence-corrected chi connectivity index (χ3v) is 4.07. The fourth-order valence-corrected chi connectivity index (χ4v) is 2.86. The van der Waals surface area contributed by atoms with Crippen LogP contribution in [0.1, 0.15) is 38.7 Å². The molecule has 1 rings (SSSR count). The van der Waals surface area contributed by atoms with Crippen molar-refractivity contribution < 1.29 is 8.42 Å². The van der Waals surface area contributed by atoms with E-state index in [4.69, 9.17) is 0 Å². The predicted molar refractivity (Wildman–Crippen MR) is 102 cm³/mol. The van der Waals surface area contributed by atoms with Gasteiger partial charge in [-0.1, -0.05) is 44.9 Å². The number of nitrogens with one attached hydrogen (secondary N) is 3. The molecule has 0 aliphatic rings. The average Bonchev–Trinajstić information content (AvgIpc) is 2.49. The van der Waals surface area contributed by atoms with Gasteiger partial charge in [0.2, 0.25) is 10.0 Å². The Morgan fingerprint density at radius 1 is 1.17 bits per heavy atom. The van der Waals surface area contributed by atoms with Crippen LogP contribution in [0.2, 0.25) is 0 Å². The second kappa shape index (κ2) is 10.2. The number of guanidine groups is 1. The second-order valence-electron chi connectivity index (χ2n) is 6.27. The molecule has 136 valence electrons. The van der Waals surface area contributed by atoms with Gasteiger partial charge < -0.3 is 10.6 Å². The summed E-state index contributed by atoms with van der Waals surface area (Å²) in [6.07, 6.45) is 4.68. The standard InChI is InChI=1S/C17H30N4O2S/c1-14(2)9-7-8-12-19-17(18-3)20-13-15-10-5-6-11-16(15)21-24(4,22)23/h5-6,10-11,14,21H,7-9,12-13H2,1-4H3,(H2,18,19,20). The van der Waals surface area contributed by atoms with Crippen molar-refractivity contribution in [3.63, 3.8) is 0 Å². The van der Waals surface area contributed by atoms with Gasteiger partial charge in [-0.05, 0) is 24.0 Å². The molecule has 24 heavy (non-hydrogen) atoms. The van der Waals surface area contributed by atoms with Crippen LogP contribution in [-0.4, -0.2) is 34.2 Å². The van der Waals surface area contributed by atoms with Crippen molar-refractivity contribution in [3.8, 4) is 0 Å². The predicted octanol–water partition coefficient (Wildman–Crippen LogP) is 2.55. The second-order valence-corrected chi connectivity index (χ2v) is 8.02. The van der Waals surface area contributed by atoms with E-state index in [-0.39, 0.29) is 0 Å². The Balaban J connectivity index is 2.49. The number of rotatable bonds is 9. The van der Waals surface area contributed by atoms with Crippen molar-refractivity contribution in [3.05, 3.63) is 29.8 Å². The molecule has 0 amide bonds. The van der Waals surface area contributed by atoms with Gasteiger partial charge in [0.15, 0.2) is 5.96 Å². The lowest BCUT2D eigenvalue weighted by molar-refractivity contribution is 0.534. The molecule has 0 unspecified atom stereocenters. The van der Waals surface area contributed by atoms with Crippen LogP contribution in [0.5, 0.6) is 0 Å². The van der Waals surface area contributed by atoms with E-state index in [0.717, 1.165) is 30.7 Å². The van der Waals surface area contributed by atoms with Crippen LogP contribution in [0.3, 0.4) is 0 Å². The van der Waals surface area contributed by atoms with E-state index in [1.807, 2.05) is 12.1 Å². The largest absolute Gasteiger partial charge is 0.356 e. The topological polar surface area (TPSA) is 82.6 Å². The molecule has 6 nitrogen and oxygen atoms in total. The summed E-state index contributed by atoms with van der Waals surface area (Å²) in [6.45, 7) is 5.83.